The van der Waals surface area contributed by atoms with Gasteiger partial charge in [-0.1, -0.05) is 0 Å². The second-order valence-electron chi connectivity index (χ2n) is 4.27. The molecular weight excluding hydrogens is 234 g/mol. The van der Waals surface area contributed by atoms with Crippen LogP contribution in [0.25, 0.3) is 10.2 Å². The normalized spacial score (nSPS) is 16.7. The quantitative estimate of drug-likeness (QED) is 0.776. The Morgan fingerprint density at radius 1 is 1.24 bits per heavy atom. The number of rotatable bonds is 1. The van der Waals surface area contributed by atoms with E-state index in [2.05, 4.69) is 27.9 Å². The molecule has 17 heavy (non-hydrogen) atoms. The maximum Gasteiger partial charge on any atom is 0.150 e. The molecule has 2 aromatic rings. The van der Waals surface area contributed by atoms with Gasteiger partial charge in [-0.15, -0.1) is 11.3 Å². The zero-order valence-electron chi connectivity index (χ0n) is 10.1. The van der Waals surface area contributed by atoms with Crippen molar-refractivity contribution in [3.05, 3.63) is 16.8 Å². The lowest BCUT2D eigenvalue weighted by atomic mass is 10.3. The highest BCUT2D eigenvalue weighted by molar-refractivity contribution is 7.19. The van der Waals surface area contributed by atoms with Gasteiger partial charge in [-0.25, -0.2) is 9.97 Å². The SMILES string of the molecule is Cc1nc(N2CCOCC2)c2sc(C)cc2n1. The van der Waals surface area contributed by atoms with Crippen molar-refractivity contribution in [3.8, 4) is 0 Å². The molecule has 3 heterocycles. The van der Waals surface area contributed by atoms with Gasteiger partial charge in [0.2, 0.25) is 0 Å². The third-order valence-corrected chi connectivity index (χ3v) is 3.94. The van der Waals surface area contributed by atoms with Crippen LogP contribution in [0.15, 0.2) is 6.07 Å². The predicted molar refractivity (Wildman–Crippen MR) is 69.9 cm³/mol. The van der Waals surface area contributed by atoms with Crippen molar-refractivity contribution in [3.63, 3.8) is 0 Å². The Hall–Kier alpha value is -1.20. The van der Waals surface area contributed by atoms with Crippen LogP contribution in [0.1, 0.15) is 10.7 Å². The fraction of sp³-hybridized carbons (Fsp3) is 0.500. The number of morpholine rings is 1. The number of aryl methyl sites for hydroxylation is 2. The Bertz CT molecular complexity index is 546. The van der Waals surface area contributed by atoms with Gasteiger partial charge in [-0.2, -0.15) is 0 Å². The number of hydrogen-bond donors (Lipinski definition) is 0. The monoisotopic (exact) mass is 249 g/mol. The second-order valence-corrected chi connectivity index (χ2v) is 5.52. The molecule has 1 aliphatic heterocycles. The van der Waals surface area contributed by atoms with Gasteiger partial charge >= 0.3 is 0 Å². The molecule has 0 aromatic carbocycles. The number of anilines is 1. The molecule has 0 atom stereocenters. The van der Waals surface area contributed by atoms with E-state index < -0.39 is 0 Å². The number of thiophene rings is 1. The topological polar surface area (TPSA) is 38.2 Å². The number of hydrogen-bond acceptors (Lipinski definition) is 5. The van der Waals surface area contributed by atoms with Crippen LogP contribution >= 0.6 is 11.3 Å². The highest BCUT2D eigenvalue weighted by Gasteiger charge is 2.17. The van der Waals surface area contributed by atoms with Gasteiger partial charge in [0.15, 0.2) is 5.82 Å². The highest BCUT2D eigenvalue weighted by Crippen LogP contribution is 2.31. The summed E-state index contributed by atoms with van der Waals surface area (Å²) in [5, 5.41) is 0. The molecular formula is C12H15N3OS. The fourth-order valence-corrected chi connectivity index (χ4v) is 3.10. The summed E-state index contributed by atoms with van der Waals surface area (Å²) in [6.45, 7) is 7.48. The third-order valence-electron chi connectivity index (χ3n) is 2.90. The molecule has 4 nitrogen and oxygen atoms in total. The zero-order valence-corrected chi connectivity index (χ0v) is 10.9. The van der Waals surface area contributed by atoms with E-state index >= 15 is 0 Å². The average Bonchev–Trinajstić information content (AvgIpc) is 2.69. The first kappa shape index (κ1) is 10.9. The van der Waals surface area contributed by atoms with Gasteiger partial charge in [-0.05, 0) is 19.9 Å². The smallest absolute Gasteiger partial charge is 0.150 e. The van der Waals surface area contributed by atoms with Crippen LogP contribution in [0.3, 0.4) is 0 Å². The van der Waals surface area contributed by atoms with Gasteiger partial charge in [0, 0.05) is 18.0 Å². The molecule has 0 amide bonds. The largest absolute Gasteiger partial charge is 0.378 e. The van der Waals surface area contributed by atoms with Crippen molar-refractivity contribution in [2.24, 2.45) is 0 Å². The minimum atomic E-state index is 0.787. The van der Waals surface area contributed by atoms with E-state index in [1.807, 2.05) is 6.92 Å². The van der Waals surface area contributed by atoms with Crippen LogP contribution in [0.5, 0.6) is 0 Å². The second kappa shape index (κ2) is 4.23. The highest BCUT2D eigenvalue weighted by atomic mass is 32.1. The molecule has 2 aromatic heterocycles. The number of aromatic nitrogens is 2. The third kappa shape index (κ3) is 2.00. The molecule has 0 bridgehead atoms. The summed E-state index contributed by atoms with van der Waals surface area (Å²) in [7, 11) is 0. The maximum absolute atomic E-state index is 5.39. The number of ether oxygens (including phenoxy) is 1. The predicted octanol–water partition coefficient (Wildman–Crippen LogP) is 2.14. The molecule has 5 heteroatoms. The van der Waals surface area contributed by atoms with Crippen molar-refractivity contribution in [2.45, 2.75) is 13.8 Å². The lowest BCUT2D eigenvalue weighted by Gasteiger charge is -2.28. The zero-order chi connectivity index (χ0) is 11.8. The van der Waals surface area contributed by atoms with Gasteiger partial charge in [0.05, 0.1) is 23.4 Å². The van der Waals surface area contributed by atoms with E-state index in [-0.39, 0.29) is 0 Å². The van der Waals surface area contributed by atoms with Crippen LogP contribution in [-0.4, -0.2) is 36.3 Å². The van der Waals surface area contributed by atoms with E-state index in [1.54, 1.807) is 11.3 Å². The first-order valence-electron chi connectivity index (χ1n) is 5.81. The van der Waals surface area contributed by atoms with Crippen molar-refractivity contribution >= 4 is 27.4 Å². The minimum absolute atomic E-state index is 0.787. The Kier molecular flexibility index (Phi) is 2.72. The summed E-state index contributed by atoms with van der Waals surface area (Å²) in [4.78, 5) is 12.7. The first-order chi connectivity index (χ1) is 8.24. The minimum Gasteiger partial charge on any atom is -0.378 e. The molecule has 90 valence electrons. The van der Waals surface area contributed by atoms with E-state index in [0.717, 1.165) is 43.5 Å². The molecule has 0 radical (unpaired) electrons. The summed E-state index contributed by atoms with van der Waals surface area (Å²) in [5.74, 6) is 1.92. The van der Waals surface area contributed by atoms with Gasteiger partial charge in [0.25, 0.3) is 0 Å². The Morgan fingerprint density at radius 2 is 2.00 bits per heavy atom. The van der Waals surface area contributed by atoms with Gasteiger partial charge in [-0.3, -0.25) is 0 Å². The van der Waals surface area contributed by atoms with Crippen LogP contribution < -0.4 is 4.90 Å². The molecule has 0 aliphatic carbocycles. The summed E-state index contributed by atoms with van der Waals surface area (Å²) >= 11 is 1.77. The van der Waals surface area contributed by atoms with Crippen molar-refractivity contribution in [2.75, 3.05) is 31.2 Å². The molecule has 0 spiro atoms. The van der Waals surface area contributed by atoms with Gasteiger partial charge in [0.1, 0.15) is 5.82 Å². The summed E-state index contributed by atoms with van der Waals surface area (Å²) in [6, 6.07) is 2.14. The van der Waals surface area contributed by atoms with E-state index in [4.69, 9.17) is 4.74 Å². The lowest BCUT2D eigenvalue weighted by Crippen LogP contribution is -2.36. The Labute approximate surface area is 104 Å². The average molecular weight is 249 g/mol. The molecule has 0 saturated carbocycles. The van der Waals surface area contributed by atoms with Gasteiger partial charge < -0.3 is 9.64 Å². The summed E-state index contributed by atoms with van der Waals surface area (Å²) in [5.41, 5.74) is 1.07. The van der Waals surface area contributed by atoms with Crippen LogP contribution in [-0.2, 0) is 4.74 Å². The van der Waals surface area contributed by atoms with Crippen molar-refractivity contribution in [1.29, 1.82) is 0 Å². The van der Waals surface area contributed by atoms with Crippen LogP contribution in [0, 0.1) is 13.8 Å². The molecule has 1 aliphatic rings. The first-order valence-corrected chi connectivity index (χ1v) is 6.63. The number of nitrogens with zero attached hydrogens (tertiary/aromatic N) is 3. The number of fused-ring (bicyclic) bond motifs is 1. The standard InChI is InChI=1S/C12H15N3OS/c1-8-7-10-11(17-8)12(14-9(2)13-10)15-3-5-16-6-4-15/h7H,3-6H2,1-2H3. The van der Waals surface area contributed by atoms with Crippen molar-refractivity contribution < 1.29 is 4.74 Å². The lowest BCUT2D eigenvalue weighted by molar-refractivity contribution is 0.122. The van der Waals surface area contributed by atoms with E-state index in [1.165, 1.54) is 9.58 Å². The van der Waals surface area contributed by atoms with Crippen molar-refractivity contribution in [1.82, 2.24) is 9.97 Å². The molecule has 0 unspecified atom stereocenters. The molecule has 1 fully saturated rings. The van der Waals surface area contributed by atoms with Crippen LogP contribution in [0.2, 0.25) is 0 Å². The summed E-state index contributed by atoms with van der Waals surface area (Å²) < 4.78 is 6.59. The van der Waals surface area contributed by atoms with E-state index in [0.29, 0.717) is 0 Å². The Morgan fingerprint density at radius 3 is 2.76 bits per heavy atom. The van der Waals surface area contributed by atoms with E-state index in [9.17, 15) is 0 Å². The molecule has 3 rings (SSSR count). The fourth-order valence-electron chi connectivity index (χ4n) is 2.14. The molecule has 1 saturated heterocycles. The summed E-state index contributed by atoms with van der Waals surface area (Å²) in [6.07, 6.45) is 0. The molecule has 0 N–H and O–H groups in total. The van der Waals surface area contributed by atoms with Crippen LogP contribution in [0.4, 0.5) is 5.82 Å². The maximum atomic E-state index is 5.39. The Balaban J connectivity index is 2.12.